The van der Waals surface area contributed by atoms with Crippen molar-refractivity contribution in [3.8, 4) is 5.75 Å². The number of fused-ring (bicyclic) bond motifs is 1. The molecule has 6 heteroatoms. The standard InChI is InChI=1S/C16H14FN3O2/c1-10(20-9-18-14-4-2-3-5-15(14)20)16(22)19-13-7-6-11(21)8-12(13)17/h2-10,21H,1H3,(H,19,22). The molecule has 1 unspecified atom stereocenters. The molecule has 2 N–H and O–H groups in total. The van der Waals surface area contributed by atoms with E-state index in [1.807, 2.05) is 24.3 Å². The molecule has 112 valence electrons. The molecule has 1 heterocycles. The Balaban J connectivity index is 1.85. The molecule has 3 aromatic rings. The normalized spacial score (nSPS) is 12.3. The van der Waals surface area contributed by atoms with Gasteiger partial charge in [0, 0.05) is 6.07 Å². The second kappa shape index (κ2) is 5.48. The number of hydrogen-bond donors (Lipinski definition) is 2. The maximum atomic E-state index is 13.7. The Kier molecular flexibility index (Phi) is 3.50. The van der Waals surface area contributed by atoms with Crippen molar-refractivity contribution in [3.63, 3.8) is 0 Å². The van der Waals surface area contributed by atoms with Gasteiger partial charge in [-0.1, -0.05) is 12.1 Å². The number of aromatic hydroxyl groups is 1. The molecule has 0 aliphatic carbocycles. The highest BCUT2D eigenvalue weighted by Crippen LogP contribution is 2.22. The monoisotopic (exact) mass is 299 g/mol. The number of rotatable bonds is 3. The van der Waals surface area contributed by atoms with Crippen molar-refractivity contribution in [1.82, 2.24) is 9.55 Å². The van der Waals surface area contributed by atoms with E-state index in [1.165, 1.54) is 12.1 Å². The van der Waals surface area contributed by atoms with Crippen molar-refractivity contribution in [3.05, 3.63) is 54.6 Å². The molecule has 0 radical (unpaired) electrons. The smallest absolute Gasteiger partial charge is 0.247 e. The Morgan fingerprint density at radius 2 is 2.09 bits per heavy atom. The number of nitrogens with zero attached hydrogens (tertiary/aromatic N) is 2. The molecule has 0 bridgehead atoms. The van der Waals surface area contributed by atoms with Crippen LogP contribution in [0.25, 0.3) is 11.0 Å². The van der Waals surface area contributed by atoms with Crippen molar-refractivity contribution < 1.29 is 14.3 Å². The molecule has 0 aliphatic rings. The molecule has 0 aliphatic heterocycles. The van der Waals surface area contributed by atoms with Crippen LogP contribution in [-0.2, 0) is 4.79 Å². The number of benzene rings is 2. The summed E-state index contributed by atoms with van der Waals surface area (Å²) in [6.07, 6.45) is 1.59. The van der Waals surface area contributed by atoms with Crippen LogP contribution >= 0.6 is 0 Å². The molecule has 5 nitrogen and oxygen atoms in total. The summed E-state index contributed by atoms with van der Waals surface area (Å²) < 4.78 is 15.4. The Labute approximate surface area is 126 Å². The van der Waals surface area contributed by atoms with Crippen LogP contribution in [0, 0.1) is 5.82 Å². The summed E-state index contributed by atoms with van der Waals surface area (Å²) in [6.45, 7) is 1.71. The predicted octanol–water partition coefficient (Wildman–Crippen LogP) is 3.08. The lowest BCUT2D eigenvalue weighted by Gasteiger charge is -2.15. The SMILES string of the molecule is CC(C(=O)Nc1ccc(O)cc1F)n1cnc2ccccc21. The second-order valence-electron chi connectivity index (χ2n) is 4.97. The molecule has 2 aromatic carbocycles. The number of amides is 1. The van der Waals surface area contributed by atoms with Gasteiger partial charge in [-0.2, -0.15) is 0 Å². The highest BCUT2D eigenvalue weighted by molar-refractivity contribution is 5.94. The van der Waals surface area contributed by atoms with Gasteiger partial charge in [0.15, 0.2) is 0 Å². The first-order valence-electron chi connectivity index (χ1n) is 6.77. The van der Waals surface area contributed by atoms with Crippen LogP contribution < -0.4 is 5.32 Å². The lowest BCUT2D eigenvalue weighted by atomic mass is 10.2. The third-order valence-electron chi connectivity index (χ3n) is 3.49. The van der Waals surface area contributed by atoms with Crippen LogP contribution in [0.3, 0.4) is 0 Å². The van der Waals surface area contributed by atoms with Gasteiger partial charge in [-0.05, 0) is 31.2 Å². The Hall–Kier alpha value is -2.89. The minimum absolute atomic E-state index is 0.0269. The third-order valence-corrected chi connectivity index (χ3v) is 3.49. The van der Waals surface area contributed by atoms with Gasteiger partial charge in [0.25, 0.3) is 0 Å². The first-order valence-corrected chi connectivity index (χ1v) is 6.77. The van der Waals surface area contributed by atoms with Crippen LogP contribution in [0.2, 0.25) is 0 Å². The molecule has 0 saturated heterocycles. The van der Waals surface area contributed by atoms with E-state index in [-0.39, 0.29) is 17.3 Å². The number of carbonyl (C=O) groups excluding carboxylic acids is 1. The summed E-state index contributed by atoms with van der Waals surface area (Å²) in [5, 5.41) is 11.7. The summed E-state index contributed by atoms with van der Waals surface area (Å²) in [5.41, 5.74) is 1.65. The summed E-state index contributed by atoms with van der Waals surface area (Å²) in [4.78, 5) is 16.5. The van der Waals surface area contributed by atoms with E-state index in [9.17, 15) is 14.3 Å². The number of hydrogen-bond acceptors (Lipinski definition) is 3. The quantitative estimate of drug-likeness (QED) is 0.730. The van der Waals surface area contributed by atoms with Crippen LogP contribution in [-0.4, -0.2) is 20.6 Å². The van der Waals surface area contributed by atoms with Gasteiger partial charge < -0.3 is 15.0 Å². The van der Waals surface area contributed by atoms with Crippen LogP contribution in [0.5, 0.6) is 5.75 Å². The fourth-order valence-corrected chi connectivity index (χ4v) is 2.26. The highest BCUT2D eigenvalue weighted by Gasteiger charge is 2.18. The van der Waals surface area contributed by atoms with E-state index < -0.39 is 11.9 Å². The average molecular weight is 299 g/mol. The number of para-hydroxylation sites is 2. The number of phenolic OH excluding ortho intramolecular Hbond substituents is 1. The molecular formula is C16H14FN3O2. The van der Waals surface area contributed by atoms with Crippen molar-refractivity contribution >= 4 is 22.6 Å². The molecule has 3 rings (SSSR count). The van der Waals surface area contributed by atoms with Gasteiger partial charge in [-0.3, -0.25) is 4.79 Å². The van der Waals surface area contributed by atoms with E-state index in [0.29, 0.717) is 0 Å². The van der Waals surface area contributed by atoms with Gasteiger partial charge in [0.1, 0.15) is 17.6 Å². The molecule has 1 amide bonds. The number of halogens is 1. The number of phenols is 1. The van der Waals surface area contributed by atoms with Gasteiger partial charge in [-0.15, -0.1) is 0 Å². The topological polar surface area (TPSA) is 67.2 Å². The van der Waals surface area contributed by atoms with Gasteiger partial charge in [-0.25, -0.2) is 9.37 Å². The maximum absolute atomic E-state index is 13.7. The summed E-state index contributed by atoms with van der Waals surface area (Å²) in [7, 11) is 0. The lowest BCUT2D eigenvalue weighted by molar-refractivity contribution is -0.118. The fourth-order valence-electron chi connectivity index (χ4n) is 2.26. The Morgan fingerprint density at radius 1 is 1.32 bits per heavy atom. The molecule has 1 atom stereocenters. The zero-order valence-electron chi connectivity index (χ0n) is 11.8. The van der Waals surface area contributed by atoms with Crippen molar-refractivity contribution in [2.24, 2.45) is 0 Å². The minimum atomic E-state index is -0.684. The number of imidazole rings is 1. The Bertz CT molecular complexity index is 844. The second-order valence-corrected chi connectivity index (χ2v) is 4.97. The van der Waals surface area contributed by atoms with Crippen LogP contribution in [0.1, 0.15) is 13.0 Å². The Morgan fingerprint density at radius 3 is 2.86 bits per heavy atom. The van der Waals surface area contributed by atoms with Crippen molar-refractivity contribution in [2.75, 3.05) is 5.32 Å². The number of anilines is 1. The van der Waals surface area contributed by atoms with Crippen molar-refractivity contribution in [1.29, 1.82) is 0 Å². The van der Waals surface area contributed by atoms with Gasteiger partial charge in [0.2, 0.25) is 5.91 Å². The molecule has 1 aromatic heterocycles. The first-order chi connectivity index (χ1) is 10.6. The van der Waals surface area contributed by atoms with E-state index in [2.05, 4.69) is 10.3 Å². The summed E-state index contributed by atoms with van der Waals surface area (Å²) in [6, 6.07) is 10.5. The molecule has 0 fully saturated rings. The first kappa shape index (κ1) is 14.1. The number of nitrogens with one attached hydrogen (secondary N) is 1. The van der Waals surface area contributed by atoms with Crippen LogP contribution in [0.4, 0.5) is 10.1 Å². The zero-order chi connectivity index (χ0) is 15.7. The molecule has 22 heavy (non-hydrogen) atoms. The molecular weight excluding hydrogens is 285 g/mol. The maximum Gasteiger partial charge on any atom is 0.247 e. The van der Waals surface area contributed by atoms with Gasteiger partial charge >= 0.3 is 0 Å². The lowest BCUT2D eigenvalue weighted by Crippen LogP contribution is -2.23. The van der Waals surface area contributed by atoms with E-state index in [4.69, 9.17) is 0 Å². The molecule has 0 spiro atoms. The minimum Gasteiger partial charge on any atom is -0.508 e. The van der Waals surface area contributed by atoms with E-state index in [0.717, 1.165) is 17.1 Å². The summed E-state index contributed by atoms with van der Waals surface area (Å²) >= 11 is 0. The highest BCUT2D eigenvalue weighted by atomic mass is 19.1. The number of carbonyl (C=O) groups is 1. The van der Waals surface area contributed by atoms with E-state index in [1.54, 1.807) is 17.8 Å². The zero-order valence-corrected chi connectivity index (χ0v) is 11.8. The largest absolute Gasteiger partial charge is 0.508 e. The van der Waals surface area contributed by atoms with Crippen molar-refractivity contribution in [2.45, 2.75) is 13.0 Å². The predicted molar refractivity (Wildman–Crippen MR) is 81.1 cm³/mol. The average Bonchev–Trinajstić information content (AvgIpc) is 2.93. The summed E-state index contributed by atoms with van der Waals surface area (Å²) in [5.74, 6) is -1.24. The molecule has 0 saturated carbocycles. The van der Waals surface area contributed by atoms with Gasteiger partial charge in [0.05, 0.1) is 23.0 Å². The van der Waals surface area contributed by atoms with Crippen LogP contribution in [0.15, 0.2) is 48.8 Å². The number of aromatic nitrogens is 2. The fraction of sp³-hybridized carbons (Fsp3) is 0.125. The third kappa shape index (κ3) is 2.50. The van der Waals surface area contributed by atoms with E-state index >= 15 is 0 Å².